The molecular formula is C18H15FN2O3. The lowest BCUT2D eigenvalue weighted by Gasteiger charge is -2.14. The molecule has 1 aromatic heterocycles. The van der Waals surface area contributed by atoms with Gasteiger partial charge in [-0.05, 0) is 31.0 Å². The zero-order chi connectivity index (χ0) is 16.7. The van der Waals surface area contributed by atoms with E-state index in [1.165, 1.54) is 23.3 Å². The van der Waals surface area contributed by atoms with E-state index in [2.05, 4.69) is 4.98 Å². The number of aromatic nitrogens is 1. The molecule has 5 nitrogen and oxygen atoms in total. The summed E-state index contributed by atoms with van der Waals surface area (Å²) < 4.78 is 18.7. The highest BCUT2D eigenvalue weighted by molar-refractivity contribution is 6.05. The number of benzene rings is 1. The maximum Gasteiger partial charge on any atom is 0.233 e. The maximum atomic E-state index is 13.3. The van der Waals surface area contributed by atoms with Gasteiger partial charge in [-0.2, -0.15) is 0 Å². The third-order valence-electron chi connectivity index (χ3n) is 4.54. The van der Waals surface area contributed by atoms with Crippen molar-refractivity contribution in [2.45, 2.75) is 19.4 Å². The molecule has 24 heavy (non-hydrogen) atoms. The molecule has 1 aliphatic carbocycles. The number of halogens is 1. The first kappa shape index (κ1) is 14.8. The average Bonchev–Trinajstić information content (AvgIpc) is 3.15. The lowest BCUT2D eigenvalue weighted by molar-refractivity contribution is -0.140. The Bertz CT molecular complexity index is 816. The summed E-state index contributed by atoms with van der Waals surface area (Å²) in [6, 6.07) is 5.91. The van der Waals surface area contributed by atoms with Crippen LogP contribution < -0.4 is 0 Å². The summed E-state index contributed by atoms with van der Waals surface area (Å²) in [7, 11) is 0. The number of allylic oxidation sites excluding steroid dienone is 2. The van der Waals surface area contributed by atoms with Crippen LogP contribution in [0.4, 0.5) is 4.39 Å². The number of imide groups is 1. The SMILES string of the molecule is O=C1C2CC=CCC2C(=O)N1Cc1coc(-c2cccc(F)c2)n1. The molecule has 6 heteroatoms. The van der Waals surface area contributed by atoms with E-state index in [-0.39, 0.29) is 41.9 Å². The van der Waals surface area contributed by atoms with E-state index in [0.29, 0.717) is 24.1 Å². The number of nitrogens with zero attached hydrogens (tertiary/aromatic N) is 2. The Morgan fingerprint density at radius 1 is 1.17 bits per heavy atom. The molecule has 2 aliphatic rings. The minimum absolute atomic E-state index is 0.0868. The van der Waals surface area contributed by atoms with Crippen molar-refractivity contribution in [2.24, 2.45) is 11.8 Å². The average molecular weight is 326 g/mol. The van der Waals surface area contributed by atoms with Crippen LogP contribution in [0.15, 0.2) is 47.1 Å². The number of carbonyl (C=O) groups is 2. The Morgan fingerprint density at radius 3 is 2.54 bits per heavy atom. The highest BCUT2D eigenvalue weighted by atomic mass is 19.1. The first-order valence-electron chi connectivity index (χ1n) is 7.84. The number of fused-ring (bicyclic) bond motifs is 1. The van der Waals surface area contributed by atoms with Gasteiger partial charge in [0.2, 0.25) is 17.7 Å². The fourth-order valence-electron chi connectivity index (χ4n) is 3.32. The van der Waals surface area contributed by atoms with Crippen LogP contribution in [0.5, 0.6) is 0 Å². The molecule has 2 unspecified atom stereocenters. The minimum atomic E-state index is -0.381. The second-order valence-electron chi connectivity index (χ2n) is 6.07. The Morgan fingerprint density at radius 2 is 1.88 bits per heavy atom. The molecule has 2 amide bonds. The Balaban J connectivity index is 1.54. The standard InChI is InChI=1S/C18H15FN2O3/c19-12-5-3-4-11(8-12)16-20-13(10-24-16)9-21-17(22)14-6-1-2-7-15(14)18(21)23/h1-5,8,10,14-15H,6-7,9H2. The second kappa shape index (κ2) is 5.70. The van der Waals surface area contributed by atoms with Crippen LogP contribution in [0.3, 0.4) is 0 Å². The maximum absolute atomic E-state index is 13.3. The monoisotopic (exact) mass is 326 g/mol. The predicted octanol–water partition coefficient (Wildman–Crippen LogP) is 2.93. The summed E-state index contributed by atoms with van der Waals surface area (Å²) in [5.74, 6) is -0.917. The molecule has 1 aromatic carbocycles. The van der Waals surface area contributed by atoms with Gasteiger partial charge in [0.1, 0.15) is 12.1 Å². The van der Waals surface area contributed by atoms with E-state index >= 15 is 0 Å². The highest BCUT2D eigenvalue weighted by Crippen LogP contribution is 2.35. The fraction of sp³-hybridized carbons (Fsp3) is 0.278. The first-order valence-corrected chi connectivity index (χ1v) is 7.84. The summed E-state index contributed by atoms with van der Waals surface area (Å²) in [5, 5.41) is 0. The van der Waals surface area contributed by atoms with Crippen molar-refractivity contribution in [3.05, 3.63) is 54.2 Å². The van der Waals surface area contributed by atoms with Crippen molar-refractivity contribution < 1.29 is 18.4 Å². The van der Waals surface area contributed by atoms with Gasteiger partial charge < -0.3 is 4.42 Å². The van der Waals surface area contributed by atoms with Crippen molar-refractivity contribution in [1.29, 1.82) is 0 Å². The molecular weight excluding hydrogens is 311 g/mol. The van der Waals surface area contributed by atoms with Crippen molar-refractivity contribution in [2.75, 3.05) is 0 Å². The van der Waals surface area contributed by atoms with Crippen molar-refractivity contribution in [3.8, 4) is 11.5 Å². The van der Waals surface area contributed by atoms with Gasteiger partial charge >= 0.3 is 0 Å². The van der Waals surface area contributed by atoms with Crippen LogP contribution in [0.1, 0.15) is 18.5 Å². The van der Waals surface area contributed by atoms with Gasteiger partial charge in [-0.3, -0.25) is 14.5 Å². The van der Waals surface area contributed by atoms with Crippen LogP contribution in [-0.2, 0) is 16.1 Å². The molecule has 0 saturated carbocycles. The third-order valence-corrected chi connectivity index (χ3v) is 4.54. The molecule has 1 fully saturated rings. The molecule has 0 bridgehead atoms. The van der Waals surface area contributed by atoms with Gasteiger partial charge in [-0.25, -0.2) is 9.37 Å². The van der Waals surface area contributed by atoms with Crippen molar-refractivity contribution in [1.82, 2.24) is 9.88 Å². The topological polar surface area (TPSA) is 63.4 Å². The second-order valence-corrected chi connectivity index (χ2v) is 6.07. The van der Waals surface area contributed by atoms with E-state index in [9.17, 15) is 14.0 Å². The van der Waals surface area contributed by atoms with E-state index in [1.54, 1.807) is 12.1 Å². The molecule has 2 aromatic rings. The third kappa shape index (κ3) is 2.44. The lowest BCUT2D eigenvalue weighted by atomic mass is 9.85. The van der Waals surface area contributed by atoms with Crippen LogP contribution in [0.25, 0.3) is 11.5 Å². The summed E-state index contributed by atoms with van der Waals surface area (Å²) in [5.41, 5.74) is 0.987. The molecule has 0 spiro atoms. The molecule has 0 radical (unpaired) electrons. The number of likely N-dealkylation sites (tertiary alicyclic amines) is 1. The summed E-state index contributed by atoms with van der Waals surface area (Å²) in [6.07, 6.45) is 6.53. The lowest BCUT2D eigenvalue weighted by Crippen LogP contribution is -2.30. The zero-order valence-electron chi connectivity index (χ0n) is 12.8. The Labute approximate surface area is 137 Å². The molecule has 4 rings (SSSR count). The molecule has 1 aliphatic heterocycles. The summed E-state index contributed by atoms with van der Waals surface area (Å²) in [6.45, 7) is 0.0868. The van der Waals surface area contributed by atoms with Gasteiger partial charge in [-0.15, -0.1) is 0 Å². The fourth-order valence-corrected chi connectivity index (χ4v) is 3.32. The highest BCUT2D eigenvalue weighted by Gasteiger charge is 2.47. The quantitative estimate of drug-likeness (QED) is 0.643. The number of hydrogen-bond acceptors (Lipinski definition) is 4. The van der Waals surface area contributed by atoms with Crippen molar-refractivity contribution in [3.63, 3.8) is 0 Å². The molecule has 0 N–H and O–H groups in total. The van der Waals surface area contributed by atoms with Crippen LogP contribution in [-0.4, -0.2) is 21.7 Å². The molecule has 1 saturated heterocycles. The molecule has 2 heterocycles. The predicted molar refractivity (Wildman–Crippen MR) is 82.8 cm³/mol. The number of carbonyl (C=O) groups excluding carboxylic acids is 2. The van der Waals surface area contributed by atoms with Gasteiger partial charge in [0.15, 0.2) is 0 Å². The van der Waals surface area contributed by atoms with E-state index in [4.69, 9.17) is 4.42 Å². The van der Waals surface area contributed by atoms with Crippen molar-refractivity contribution >= 4 is 11.8 Å². The molecule has 2 atom stereocenters. The summed E-state index contributed by atoms with van der Waals surface area (Å²) in [4.78, 5) is 30.4. The van der Waals surface area contributed by atoms with Gasteiger partial charge in [0.25, 0.3) is 0 Å². The van der Waals surface area contributed by atoms with Gasteiger partial charge in [0, 0.05) is 5.56 Å². The smallest absolute Gasteiger partial charge is 0.233 e. The van der Waals surface area contributed by atoms with E-state index < -0.39 is 0 Å². The number of amides is 2. The normalized spacial score (nSPS) is 23.0. The minimum Gasteiger partial charge on any atom is -0.444 e. The zero-order valence-corrected chi connectivity index (χ0v) is 12.8. The summed E-state index contributed by atoms with van der Waals surface area (Å²) >= 11 is 0. The number of hydrogen-bond donors (Lipinski definition) is 0. The van der Waals surface area contributed by atoms with E-state index in [1.807, 2.05) is 12.2 Å². The van der Waals surface area contributed by atoms with Crippen LogP contribution >= 0.6 is 0 Å². The van der Waals surface area contributed by atoms with E-state index in [0.717, 1.165) is 0 Å². The van der Waals surface area contributed by atoms with Crippen LogP contribution in [0, 0.1) is 17.7 Å². The van der Waals surface area contributed by atoms with Gasteiger partial charge in [0.05, 0.1) is 24.1 Å². The largest absolute Gasteiger partial charge is 0.444 e. The first-order chi connectivity index (χ1) is 11.6. The molecule has 122 valence electrons. The Hall–Kier alpha value is -2.76. The van der Waals surface area contributed by atoms with Gasteiger partial charge in [-0.1, -0.05) is 18.2 Å². The number of rotatable bonds is 3. The Kier molecular flexibility index (Phi) is 3.52. The number of oxazole rings is 1. The van der Waals surface area contributed by atoms with Crippen LogP contribution in [0.2, 0.25) is 0 Å².